The molecule has 1 aliphatic rings. The molecule has 2 aromatic rings. The predicted molar refractivity (Wildman–Crippen MR) is 75.3 cm³/mol. The van der Waals surface area contributed by atoms with Gasteiger partial charge in [-0.05, 0) is 23.3 Å². The van der Waals surface area contributed by atoms with Gasteiger partial charge in [0.2, 0.25) is 0 Å². The van der Waals surface area contributed by atoms with Crippen molar-refractivity contribution < 1.29 is 9.90 Å². The van der Waals surface area contributed by atoms with E-state index in [1.807, 2.05) is 24.3 Å². The van der Waals surface area contributed by atoms with Crippen molar-refractivity contribution in [1.82, 2.24) is 0 Å². The maximum Gasteiger partial charge on any atom is 0.337 e. The Morgan fingerprint density at radius 2 is 1.74 bits per heavy atom. The van der Waals surface area contributed by atoms with Crippen LogP contribution in [0.3, 0.4) is 0 Å². The first-order valence-electron chi connectivity index (χ1n) is 6.25. The van der Waals surface area contributed by atoms with Gasteiger partial charge in [0, 0.05) is 11.1 Å². The van der Waals surface area contributed by atoms with E-state index in [1.54, 1.807) is 12.1 Å². The van der Waals surface area contributed by atoms with E-state index in [1.165, 1.54) is 5.56 Å². The third kappa shape index (κ3) is 1.62. The molecule has 0 aliphatic carbocycles. The van der Waals surface area contributed by atoms with Crippen LogP contribution in [0, 0.1) is 0 Å². The van der Waals surface area contributed by atoms with Gasteiger partial charge in [-0.2, -0.15) is 0 Å². The van der Waals surface area contributed by atoms with Gasteiger partial charge in [0.05, 0.1) is 11.3 Å². The Bertz CT molecular complexity index is 674. The van der Waals surface area contributed by atoms with Crippen LogP contribution in [0.4, 0.5) is 11.4 Å². The van der Waals surface area contributed by atoms with Gasteiger partial charge in [0.1, 0.15) is 0 Å². The van der Waals surface area contributed by atoms with E-state index in [0.29, 0.717) is 11.3 Å². The molecule has 1 heterocycles. The Morgan fingerprint density at radius 1 is 1.05 bits per heavy atom. The summed E-state index contributed by atoms with van der Waals surface area (Å²) in [6.07, 6.45) is 0. The molecule has 1 aliphatic heterocycles. The minimum Gasteiger partial charge on any atom is -0.478 e. The molecule has 0 radical (unpaired) electrons. The first kappa shape index (κ1) is 11.8. The fraction of sp³-hybridized carbons (Fsp3) is 0.188. The average molecular weight is 253 g/mol. The Kier molecular flexibility index (Phi) is 2.39. The van der Waals surface area contributed by atoms with Crippen LogP contribution >= 0.6 is 0 Å². The predicted octanol–water partition coefficient (Wildman–Crippen LogP) is 3.77. The molecule has 96 valence electrons. The van der Waals surface area contributed by atoms with Gasteiger partial charge >= 0.3 is 5.97 Å². The van der Waals surface area contributed by atoms with Crippen LogP contribution in [-0.2, 0) is 5.41 Å². The fourth-order valence-electron chi connectivity index (χ4n) is 2.80. The minimum absolute atomic E-state index is 0.206. The van der Waals surface area contributed by atoms with Gasteiger partial charge in [-0.1, -0.05) is 44.2 Å². The lowest BCUT2D eigenvalue weighted by Gasteiger charge is -2.36. The van der Waals surface area contributed by atoms with Crippen molar-refractivity contribution in [2.45, 2.75) is 19.3 Å². The first-order chi connectivity index (χ1) is 9.01. The Morgan fingerprint density at radius 3 is 2.47 bits per heavy atom. The number of carboxylic acids is 1. The number of benzene rings is 2. The van der Waals surface area contributed by atoms with Gasteiger partial charge in [-0.3, -0.25) is 0 Å². The molecule has 2 aromatic carbocycles. The summed E-state index contributed by atoms with van der Waals surface area (Å²) in [5, 5.41) is 12.6. The maximum atomic E-state index is 11.4. The van der Waals surface area contributed by atoms with E-state index in [-0.39, 0.29) is 5.41 Å². The summed E-state index contributed by atoms with van der Waals surface area (Å²) in [7, 11) is 0. The number of rotatable bonds is 1. The fourth-order valence-corrected chi connectivity index (χ4v) is 2.80. The van der Waals surface area contributed by atoms with Crippen molar-refractivity contribution in [3.8, 4) is 0 Å². The molecule has 0 bridgehead atoms. The topological polar surface area (TPSA) is 49.3 Å². The second kappa shape index (κ2) is 3.85. The lowest BCUT2D eigenvalue weighted by atomic mass is 9.73. The number of aromatic carboxylic acids is 1. The lowest BCUT2D eigenvalue weighted by Crippen LogP contribution is -2.27. The van der Waals surface area contributed by atoms with Crippen LogP contribution in [0.15, 0.2) is 42.5 Å². The molecule has 0 amide bonds. The molecule has 0 unspecified atom stereocenters. The Balaban J connectivity index is 2.30. The van der Waals surface area contributed by atoms with Crippen molar-refractivity contribution in [3.05, 3.63) is 59.2 Å². The number of fused-ring (bicyclic) bond motifs is 2. The molecule has 3 heteroatoms. The number of carbonyl (C=O) groups is 1. The number of hydrogen-bond acceptors (Lipinski definition) is 2. The second-order valence-corrected chi connectivity index (χ2v) is 5.33. The summed E-state index contributed by atoms with van der Waals surface area (Å²) >= 11 is 0. The highest BCUT2D eigenvalue weighted by molar-refractivity contribution is 5.97. The van der Waals surface area contributed by atoms with Gasteiger partial charge in [-0.15, -0.1) is 0 Å². The van der Waals surface area contributed by atoms with Crippen LogP contribution < -0.4 is 5.32 Å². The highest BCUT2D eigenvalue weighted by Crippen LogP contribution is 2.46. The average Bonchev–Trinajstić information content (AvgIpc) is 2.38. The second-order valence-electron chi connectivity index (χ2n) is 5.33. The number of anilines is 2. The summed E-state index contributed by atoms with van der Waals surface area (Å²) in [5.74, 6) is -0.903. The molecule has 0 atom stereocenters. The van der Waals surface area contributed by atoms with Crippen molar-refractivity contribution in [3.63, 3.8) is 0 Å². The zero-order valence-corrected chi connectivity index (χ0v) is 10.9. The summed E-state index contributed by atoms with van der Waals surface area (Å²) in [5.41, 5.74) is 4.01. The molecular formula is C16H15NO2. The number of hydrogen-bond donors (Lipinski definition) is 2. The molecule has 0 spiro atoms. The molecule has 2 N–H and O–H groups in total. The molecule has 0 saturated carbocycles. The van der Waals surface area contributed by atoms with Crippen molar-refractivity contribution >= 4 is 17.3 Å². The monoisotopic (exact) mass is 253 g/mol. The highest BCUT2D eigenvalue weighted by Gasteiger charge is 2.34. The van der Waals surface area contributed by atoms with E-state index < -0.39 is 5.97 Å². The molecule has 3 rings (SSSR count). The standard InChI is InChI=1S/C16H15NO2/c1-16(2)11-7-3-4-9-13(11)17-14-10(15(18)19)6-5-8-12(14)16/h3-9,17H,1-2H3,(H,18,19). The normalized spacial score (nSPS) is 15.1. The van der Waals surface area contributed by atoms with Crippen LogP contribution in [0.25, 0.3) is 0 Å². The first-order valence-corrected chi connectivity index (χ1v) is 6.25. The number of nitrogens with one attached hydrogen (secondary N) is 1. The smallest absolute Gasteiger partial charge is 0.337 e. The summed E-state index contributed by atoms with van der Waals surface area (Å²) in [6.45, 7) is 4.24. The van der Waals surface area contributed by atoms with Gasteiger partial charge < -0.3 is 10.4 Å². The molecular weight excluding hydrogens is 238 g/mol. The minimum atomic E-state index is -0.903. The van der Waals surface area contributed by atoms with E-state index in [4.69, 9.17) is 0 Å². The molecule has 0 saturated heterocycles. The molecule has 0 fully saturated rings. The van der Waals surface area contributed by atoms with Gasteiger partial charge in [0.25, 0.3) is 0 Å². The van der Waals surface area contributed by atoms with Crippen molar-refractivity contribution in [2.75, 3.05) is 5.32 Å². The van der Waals surface area contributed by atoms with Crippen LogP contribution in [0.2, 0.25) is 0 Å². The quantitative estimate of drug-likeness (QED) is 0.813. The summed E-state index contributed by atoms with van der Waals surface area (Å²) in [4.78, 5) is 11.4. The van der Waals surface area contributed by atoms with E-state index in [9.17, 15) is 9.90 Å². The zero-order chi connectivity index (χ0) is 13.6. The Labute approximate surface area is 111 Å². The van der Waals surface area contributed by atoms with Crippen LogP contribution in [0.1, 0.15) is 35.3 Å². The Hall–Kier alpha value is -2.29. The molecule has 0 aromatic heterocycles. The third-order valence-corrected chi connectivity index (χ3v) is 3.83. The lowest BCUT2D eigenvalue weighted by molar-refractivity contribution is 0.0698. The number of para-hydroxylation sites is 2. The largest absolute Gasteiger partial charge is 0.478 e. The van der Waals surface area contributed by atoms with Crippen molar-refractivity contribution in [1.29, 1.82) is 0 Å². The van der Waals surface area contributed by atoms with E-state index in [0.717, 1.165) is 11.3 Å². The van der Waals surface area contributed by atoms with E-state index >= 15 is 0 Å². The number of carboxylic acid groups (broad SMARTS) is 1. The molecule has 19 heavy (non-hydrogen) atoms. The van der Waals surface area contributed by atoms with Crippen LogP contribution in [0.5, 0.6) is 0 Å². The van der Waals surface area contributed by atoms with E-state index in [2.05, 4.69) is 25.2 Å². The summed E-state index contributed by atoms with van der Waals surface area (Å²) in [6, 6.07) is 13.5. The summed E-state index contributed by atoms with van der Waals surface area (Å²) < 4.78 is 0. The van der Waals surface area contributed by atoms with Gasteiger partial charge in [0.15, 0.2) is 0 Å². The zero-order valence-electron chi connectivity index (χ0n) is 10.9. The van der Waals surface area contributed by atoms with Crippen molar-refractivity contribution in [2.24, 2.45) is 0 Å². The SMILES string of the molecule is CC1(C)c2ccccc2Nc2c(C(=O)O)cccc21. The molecule has 3 nitrogen and oxygen atoms in total. The van der Waals surface area contributed by atoms with Crippen LogP contribution in [-0.4, -0.2) is 11.1 Å². The maximum absolute atomic E-state index is 11.4. The third-order valence-electron chi connectivity index (χ3n) is 3.83. The van der Waals surface area contributed by atoms with Gasteiger partial charge in [-0.25, -0.2) is 4.79 Å². The highest BCUT2D eigenvalue weighted by atomic mass is 16.4.